The summed E-state index contributed by atoms with van der Waals surface area (Å²) in [6.07, 6.45) is 0. The van der Waals surface area contributed by atoms with Gasteiger partial charge in [-0.15, -0.1) is 5.10 Å². The Morgan fingerprint density at radius 1 is 1.32 bits per heavy atom. The third kappa shape index (κ3) is 4.39. The van der Waals surface area contributed by atoms with E-state index in [4.69, 9.17) is 4.42 Å². The van der Waals surface area contributed by atoms with Crippen molar-refractivity contribution in [1.29, 1.82) is 0 Å². The molecule has 132 valence electrons. The minimum atomic E-state index is -0.202. The molecule has 3 aromatic rings. The number of hydrogen-bond acceptors (Lipinski definition) is 6. The number of aromatic nitrogens is 4. The largest absolute Gasteiger partial charge is 0.459 e. The van der Waals surface area contributed by atoms with Crippen molar-refractivity contribution in [2.24, 2.45) is 5.92 Å². The minimum absolute atomic E-state index is 0.0861. The molecule has 8 heteroatoms. The molecule has 2 aromatic heterocycles. The molecule has 0 radical (unpaired) electrons. The lowest BCUT2D eigenvalue weighted by Crippen LogP contribution is -2.28. The van der Waals surface area contributed by atoms with Crippen LogP contribution in [0.3, 0.4) is 0 Å². The SMILES string of the molecule is CC(C)Cn1nnnc1SCC(=O)NC(C)c1cc2ccccc2o1. The first-order chi connectivity index (χ1) is 12.0. The van der Waals surface area contributed by atoms with Crippen LogP contribution in [0, 0.1) is 5.92 Å². The van der Waals surface area contributed by atoms with Gasteiger partial charge in [0.05, 0.1) is 11.8 Å². The van der Waals surface area contributed by atoms with Crippen LogP contribution in [-0.4, -0.2) is 31.9 Å². The van der Waals surface area contributed by atoms with Gasteiger partial charge in [0.2, 0.25) is 11.1 Å². The molecular formula is C17H21N5O2S. The monoisotopic (exact) mass is 359 g/mol. The molecule has 1 atom stereocenters. The van der Waals surface area contributed by atoms with E-state index in [0.29, 0.717) is 11.1 Å². The molecule has 0 spiro atoms. The number of furan rings is 1. The summed E-state index contributed by atoms with van der Waals surface area (Å²) in [6, 6.07) is 9.54. The Hall–Kier alpha value is -2.35. The average Bonchev–Trinajstić information content (AvgIpc) is 3.18. The number of tetrazole rings is 1. The lowest BCUT2D eigenvalue weighted by Gasteiger charge is -2.11. The molecule has 0 aliphatic heterocycles. The summed E-state index contributed by atoms with van der Waals surface area (Å²) in [4.78, 5) is 12.2. The fourth-order valence-electron chi connectivity index (χ4n) is 2.46. The smallest absolute Gasteiger partial charge is 0.231 e. The van der Waals surface area contributed by atoms with E-state index in [2.05, 4.69) is 34.7 Å². The Kier molecular flexibility index (Phi) is 5.37. The number of thioether (sulfide) groups is 1. The maximum Gasteiger partial charge on any atom is 0.231 e. The predicted octanol–water partition coefficient (Wildman–Crippen LogP) is 3.04. The van der Waals surface area contributed by atoms with Gasteiger partial charge in [-0.25, -0.2) is 4.68 Å². The second-order valence-corrected chi connectivity index (χ2v) is 7.24. The van der Waals surface area contributed by atoms with E-state index in [1.165, 1.54) is 11.8 Å². The molecule has 2 heterocycles. The molecule has 1 unspecified atom stereocenters. The zero-order valence-electron chi connectivity index (χ0n) is 14.5. The number of carbonyl (C=O) groups is 1. The Morgan fingerprint density at radius 3 is 2.88 bits per heavy atom. The van der Waals surface area contributed by atoms with Crippen LogP contribution in [0.4, 0.5) is 0 Å². The molecule has 0 aliphatic rings. The van der Waals surface area contributed by atoms with Crippen LogP contribution in [0.15, 0.2) is 39.9 Å². The summed E-state index contributed by atoms with van der Waals surface area (Å²) in [5.74, 6) is 1.34. The van der Waals surface area contributed by atoms with E-state index in [-0.39, 0.29) is 17.7 Å². The van der Waals surface area contributed by atoms with Gasteiger partial charge in [0.15, 0.2) is 0 Å². The number of para-hydroxylation sites is 1. The molecule has 3 rings (SSSR count). The lowest BCUT2D eigenvalue weighted by atomic mass is 10.2. The number of nitrogens with zero attached hydrogens (tertiary/aromatic N) is 4. The fourth-order valence-corrected chi connectivity index (χ4v) is 3.16. The highest BCUT2D eigenvalue weighted by molar-refractivity contribution is 7.99. The molecule has 0 saturated heterocycles. The van der Waals surface area contributed by atoms with Crippen LogP contribution in [-0.2, 0) is 11.3 Å². The molecule has 1 amide bonds. The summed E-state index contributed by atoms with van der Waals surface area (Å²) in [6.45, 7) is 6.82. The zero-order chi connectivity index (χ0) is 17.8. The molecule has 0 aliphatic carbocycles. The molecular weight excluding hydrogens is 338 g/mol. The molecule has 25 heavy (non-hydrogen) atoms. The van der Waals surface area contributed by atoms with Gasteiger partial charge in [-0.2, -0.15) is 0 Å². The Labute approximate surface area is 150 Å². The van der Waals surface area contributed by atoms with Crippen LogP contribution >= 0.6 is 11.8 Å². The quantitative estimate of drug-likeness (QED) is 0.653. The number of rotatable bonds is 7. The molecule has 1 aromatic carbocycles. The summed E-state index contributed by atoms with van der Waals surface area (Å²) in [5.41, 5.74) is 0.820. The van der Waals surface area contributed by atoms with Crippen molar-refractivity contribution in [3.63, 3.8) is 0 Å². The number of nitrogens with one attached hydrogen (secondary N) is 1. The number of fused-ring (bicyclic) bond motifs is 1. The molecule has 0 fully saturated rings. The van der Waals surface area contributed by atoms with Gasteiger partial charge < -0.3 is 9.73 Å². The van der Waals surface area contributed by atoms with Crippen molar-refractivity contribution < 1.29 is 9.21 Å². The molecule has 7 nitrogen and oxygen atoms in total. The van der Waals surface area contributed by atoms with E-state index in [9.17, 15) is 4.79 Å². The predicted molar refractivity (Wildman–Crippen MR) is 96.2 cm³/mol. The fraction of sp³-hybridized carbons (Fsp3) is 0.412. The highest BCUT2D eigenvalue weighted by Crippen LogP contribution is 2.23. The third-order valence-electron chi connectivity index (χ3n) is 3.62. The van der Waals surface area contributed by atoms with Crippen molar-refractivity contribution in [2.45, 2.75) is 38.5 Å². The van der Waals surface area contributed by atoms with Crippen LogP contribution in [0.1, 0.15) is 32.6 Å². The van der Waals surface area contributed by atoms with Gasteiger partial charge in [-0.1, -0.05) is 43.8 Å². The molecule has 0 saturated carbocycles. The van der Waals surface area contributed by atoms with E-state index in [0.717, 1.165) is 23.3 Å². The normalized spacial score (nSPS) is 12.6. The van der Waals surface area contributed by atoms with Crippen molar-refractivity contribution in [3.05, 3.63) is 36.1 Å². The Morgan fingerprint density at radius 2 is 2.12 bits per heavy atom. The maximum atomic E-state index is 12.2. The zero-order valence-corrected chi connectivity index (χ0v) is 15.3. The van der Waals surface area contributed by atoms with Crippen LogP contribution in [0.2, 0.25) is 0 Å². The third-order valence-corrected chi connectivity index (χ3v) is 4.58. The number of benzene rings is 1. The van der Waals surface area contributed by atoms with Gasteiger partial charge in [0.25, 0.3) is 0 Å². The van der Waals surface area contributed by atoms with Crippen molar-refractivity contribution >= 4 is 28.6 Å². The molecule has 0 bridgehead atoms. The Balaban J connectivity index is 1.56. The topological polar surface area (TPSA) is 85.8 Å². The van der Waals surface area contributed by atoms with E-state index >= 15 is 0 Å². The van der Waals surface area contributed by atoms with Gasteiger partial charge in [0, 0.05) is 11.9 Å². The standard InChI is InChI=1S/C17H21N5O2S/c1-11(2)9-22-17(19-20-21-22)25-10-16(23)18-12(3)15-8-13-6-4-5-7-14(13)24-15/h4-8,11-12H,9-10H2,1-3H3,(H,18,23). The minimum Gasteiger partial charge on any atom is -0.459 e. The highest BCUT2D eigenvalue weighted by Gasteiger charge is 2.16. The summed E-state index contributed by atoms with van der Waals surface area (Å²) < 4.78 is 7.51. The first kappa shape index (κ1) is 17.5. The van der Waals surface area contributed by atoms with E-state index in [1.807, 2.05) is 37.3 Å². The number of hydrogen-bond donors (Lipinski definition) is 1. The maximum absolute atomic E-state index is 12.2. The number of carbonyl (C=O) groups excluding carboxylic acids is 1. The van der Waals surface area contributed by atoms with Crippen LogP contribution in [0.25, 0.3) is 11.0 Å². The van der Waals surface area contributed by atoms with Crippen LogP contribution in [0.5, 0.6) is 0 Å². The first-order valence-electron chi connectivity index (χ1n) is 8.19. The van der Waals surface area contributed by atoms with Gasteiger partial charge in [0.1, 0.15) is 11.3 Å². The Bertz CT molecular complexity index is 824. The van der Waals surface area contributed by atoms with E-state index < -0.39 is 0 Å². The summed E-state index contributed by atoms with van der Waals surface area (Å²) in [7, 11) is 0. The summed E-state index contributed by atoms with van der Waals surface area (Å²) >= 11 is 1.33. The van der Waals surface area contributed by atoms with Crippen molar-refractivity contribution in [2.75, 3.05) is 5.75 Å². The van der Waals surface area contributed by atoms with Crippen molar-refractivity contribution in [1.82, 2.24) is 25.5 Å². The first-order valence-corrected chi connectivity index (χ1v) is 9.18. The lowest BCUT2D eigenvalue weighted by molar-refractivity contribution is -0.119. The second-order valence-electron chi connectivity index (χ2n) is 6.30. The molecule has 1 N–H and O–H groups in total. The number of amides is 1. The van der Waals surface area contributed by atoms with E-state index in [1.54, 1.807) is 4.68 Å². The van der Waals surface area contributed by atoms with Crippen molar-refractivity contribution in [3.8, 4) is 0 Å². The highest BCUT2D eigenvalue weighted by atomic mass is 32.2. The average molecular weight is 359 g/mol. The van der Waals surface area contributed by atoms with Gasteiger partial charge >= 0.3 is 0 Å². The van der Waals surface area contributed by atoms with Gasteiger partial charge in [-0.05, 0) is 35.4 Å². The summed E-state index contributed by atoms with van der Waals surface area (Å²) in [5, 5.41) is 16.2. The van der Waals surface area contributed by atoms with Crippen LogP contribution < -0.4 is 5.32 Å². The van der Waals surface area contributed by atoms with Gasteiger partial charge in [-0.3, -0.25) is 4.79 Å². The second kappa shape index (κ2) is 7.69.